The number of carbonyl (C=O) groups excluding carboxylic acids is 1. The smallest absolute Gasteiger partial charge is 0.224 e. The van der Waals surface area contributed by atoms with Crippen LogP contribution < -0.4 is 0 Å². The molecule has 1 aliphatic heterocycles. The molecule has 0 atom stereocenters. The maximum atomic E-state index is 12.0. The Morgan fingerprint density at radius 1 is 1.50 bits per heavy atom. The molecule has 7 heteroatoms. The van der Waals surface area contributed by atoms with Crippen LogP contribution in [-0.2, 0) is 22.5 Å². The molecule has 1 saturated heterocycles. The standard InChI is InChI=1S/C11H18N4O2S/c1-2-9-12-13-11(18)15(9)4-3-10(16)14-5-7-17-8-6-14/h2-8H2,1H3,(H,13,18). The van der Waals surface area contributed by atoms with Crippen molar-refractivity contribution in [3.63, 3.8) is 0 Å². The van der Waals surface area contributed by atoms with Gasteiger partial charge in [0, 0.05) is 32.5 Å². The van der Waals surface area contributed by atoms with Gasteiger partial charge in [0.2, 0.25) is 5.91 Å². The number of nitrogens with one attached hydrogen (secondary N) is 1. The van der Waals surface area contributed by atoms with Crippen LogP contribution in [0.5, 0.6) is 0 Å². The molecule has 1 fully saturated rings. The van der Waals surface area contributed by atoms with Crippen molar-refractivity contribution in [1.82, 2.24) is 19.7 Å². The molecule has 0 unspecified atom stereocenters. The van der Waals surface area contributed by atoms with Gasteiger partial charge in [0.25, 0.3) is 0 Å². The van der Waals surface area contributed by atoms with E-state index in [1.807, 2.05) is 16.4 Å². The van der Waals surface area contributed by atoms with Crippen molar-refractivity contribution < 1.29 is 9.53 Å². The van der Waals surface area contributed by atoms with Gasteiger partial charge in [0.1, 0.15) is 5.82 Å². The number of morpholine rings is 1. The van der Waals surface area contributed by atoms with Crippen molar-refractivity contribution >= 4 is 18.1 Å². The van der Waals surface area contributed by atoms with Gasteiger partial charge in [-0.1, -0.05) is 6.92 Å². The first kappa shape index (κ1) is 13.2. The lowest BCUT2D eigenvalue weighted by molar-refractivity contribution is -0.135. The molecular formula is C11H18N4O2S. The van der Waals surface area contributed by atoms with E-state index in [4.69, 9.17) is 17.0 Å². The first-order valence-corrected chi connectivity index (χ1v) is 6.62. The summed E-state index contributed by atoms with van der Waals surface area (Å²) < 4.78 is 7.71. The van der Waals surface area contributed by atoms with Gasteiger partial charge in [0.15, 0.2) is 4.77 Å². The maximum Gasteiger partial charge on any atom is 0.224 e. The Bertz CT molecular complexity index is 462. The van der Waals surface area contributed by atoms with E-state index in [9.17, 15) is 4.79 Å². The molecule has 0 bridgehead atoms. The van der Waals surface area contributed by atoms with Gasteiger partial charge in [-0.15, -0.1) is 0 Å². The Balaban J connectivity index is 1.92. The van der Waals surface area contributed by atoms with Gasteiger partial charge in [-0.3, -0.25) is 9.89 Å². The molecule has 2 heterocycles. The van der Waals surface area contributed by atoms with Gasteiger partial charge in [0.05, 0.1) is 13.2 Å². The van der Waals surface area contributed by atoms with Crippen LogP contribution in [0.1, 0.15) is 19.2 Å². The molecule has 1 N–H and O–H groups in total. The predicted octanol–water partition coefficient (Wildman–Crippen LogP) is 0.752. The molecular weight excluding hydrogens is 252 g/mol. The van der Waals surface area contributed by atoms with Crippen LogP contribution in [0.25, 0.3) is 0 Å². The lowest BCUT2D eigenvalue weighted by atomic mass is 10.3. The molecule has 18 heavy (non-hydrogen) atoms. The average Bonchev–Trinajstić information content (AvgIpc) is 2.77. The Hall–Kier alpha value is -1.21. The largest absolute Gasteiger partial charge is 0.378 e. The van der Waals surface area contributed by atoms with Gasteiger partial charge < -0.3 is 14.2 Å². The van der Waals surface area contributed by atoms with Gasteiger partial charge in [-0.25, -0.2) is 0 Å². The number of rotatable bonds is 4. The SMILES string of the molecule is CCc1n[nH]c(=S)n1CCC(=O)N1CCOCC1. The molecule has 0 aromatic carbocycles. The first-order valence-electron chi connectivity index (χ1n) is 6.22. The van der Waals surface area contributed by atoms with Gasteiger partial charge in [-0.2, -0.15) is 5.10 Å². The number of aryl methyl sites for hydroxylation is 1. The van der Waals surface area contributed by atoms with Gasteiger partial charge >= 0.3 is 0 Å². The molecule has 0 spiro atoms. The molecule has 6 nitrogen and oxygen atoms in total. The highest BCUT2D eigenvalue weighted by Gasteiger charge is 2.17. The lowest BCUT2D eigenvalue weighted by Gasteiger charge is -2.26. The summed E-state index contributed by atoms with van der Waals surface area (Å²) >= 11 is 5.15. The summed E-state index contributed by atoms with van der Waals surface area (Å²) in [5.74, 6) is 1.05. The van der Waals surface area contributed by atoms with E-state index in [2.05, 4.69) is 10.2 Å². The minimum atomic E-state index is 0.156. The van der Waals surface area contributed by atoms with Crippen LogP contribution in [-0.4, -0.2) is 51.9 Å². The number of carbonyl (C=O) groups is 1. The summed E-state index contributed by atoms with van der Waals surface area (Å²) in [5.41, 5.74) is 0. The Morgan fingerprint density at radius 2 is 2.22 bits per heavy atom. The van der Waals surface area contributed by atoms with Crippen LogP contribution in [0.2, 0.25) is 0 Å². The van der Waals surface area contributed by atoms with Crippen molar-refractivity contribution in [3.8, 4) is 0 Å². The summed E-state index contributed by atoms with van der Waals surface area (Å²) in [5, 5.41) is 6.89. The van der Waals surface area contributed by atoms with E-state index in [1.54, 1.807) is 0 Å². The van der Waals surface area contributed by atoms with E-state index in [0.29, 0.717) is 44.0 Å². The quantitative estimate of drug-likeness (QED) is 0.820. The molecule has 1 aromatic heterocycles. The lowest BCUT2D eigenvalue weighted by Crippen LogP contribution is -2.41. The number of H-pyrrole nitrogens is 1. The fourth-order valence-electron chi connectivity index (χ4n) is 2.03. The highest BCUT2D eigenvalue weighted by molar-refractivity contribution is 7.71. The molecule has 0 aliphatic carbocycles. The van der Waals surface area contributed by atoms with Crippen molar-refractivity contribution in [3.05, 3.63) is 10.6 Å². The summed E-state index contributed by atoms with van der Waals surface area (Å²) in [6, 6.07) is 0. The summed E-state index contributed by atoms with van der Waals surface area (Å²) in [6.07, 6.45) is 1.26. The first-order chi connectivity index (χ1) is 8.72. The van der Waals surface area contributed by atoms with Crippen molar-refractivity contribution in [2.45, 2.75) is 26.3 Å². The number of aromatic nitrogens is 3. The van der Waals surface area contributed by atoms with Crippen LogP contribution in [0.15, 0.2) is 0 Å². The maximum absolute atomic E-state index is 12.0. The molecule has 1 amide bonds. The summed E-state index contributed by atoms with van der Waals surface area (Å²) in [7, 11) is 0. The summed E-state index contributed by atoms with van der Waals surface area (Å²) in [4.78, 5) is 13.8. The fourth-order valence-corrected chi connectivity index (χ4v) is 2.27. The predicted molar refractivity (Wildman–Crippen MR) is 68.8 cm³/mol. The number of amides is 1. The topological polar surface area (TPSA) is 63.2 Å². The second-order valence-corrected chi connectivity index (χ2v) is 4.58. The van der Waals surface area contributed by atoms with Crippen LogP contribution in [0, 0.1) is 4.77 Å². The van der Waals surface area contributed by atoms with Crippen molar-refractivity contribution in [2.75, 3.05) is 26.3 Å². The molecule has 2 rings (SSSR count). The van der Waals surface area contributed by atoms with Crippen molar-refractivity contribution in [2.24, 2.45) is 0 Å². The Kier molecular flexibility index (Phi) is 4.48. The molecule has 0 radical (unpaired) electrons. The van der Waals surface area contributed by atoms with E-state index in [0.717, 1.165) is 12.2 Å². The second kappa shape index (κ2) is 6.10. The number of hydrogen-bond acceptors (Lipinski definition) is 4. The zero-order chi connectivity index (χ0) is 13.0. The fraction of sp³-hybridized carbons (Fsp3) is 0.727. The van der Waals surface area contributed by atoms with E-state index in [-0.39, 0.29) is 5.91 Å². The van der Waals surface area contributed by atoms with Crippen LogP contribution in [0.3, 0.4) is 0 Å². The van der Waals surface area contributed by atoms with Crippen LogP contribution >= 0.6 is 12.2 Å². The Labute approximate surface area is 111 Å². The molecule has 1 aliphatic rings. The molecule has 0 saturated carbocycles. The summed E-state index contributed by atoms with van der Waals surface area (Å²) in [6.45, 7) is 5.26. The van der Waals surface area contributed by atoms with E-state index >= 15 is 0 Å². The van der Waals surface area contributed by atoms with E-state index < -0.39 is 0 Å². The third-order valence-corrected chi connectivity index (χ3v) is 3.38. The normalized spacial score (nSPS) is 15.9. The number of nitrogens with zero attached hydrogens (tertiary/aromatic N) is 3. The number of aromatic amines is 1. The Morgan fingerprint density at radius 3 is 2.89 bits per heavy atom. The van der Waals surface area contributed by atoms with Gasteiger partial charge in [-0.05, 0) is 12.2 Å². The van der Waals surface area contributed by atoms with Crippen LogP contribution in [0.4, 0.5) is 0 Å². The number of ether oxygens (including phenoxy) is 1. The monoisotopic (exact) mass is 270 g/mol. The second-order valence-electron chi connectivity index (χ2n) is 4.19. The zero-order valence-corrected chi connectivity index (χ0v) is 11.3. The third-order valence-electron chi connectivity index (χ3n) is 3.07. The van der Waals surface area contributed by atoms with E-state index in [1.165, 1.54) is 0 Å². The minimum absolute atomic E-state index is 0.156. The number of hydrogen-bond donors (Lipinski definition) is 1. The molecule has 1 aromatic rings. The van der Waals surface area contributed by atoms with Crippen molar-refractivity contribution in [1.29, 1.82) is 0 Å². The zero-order valence-electron chi connectivity index (χ0n) is 10.5. The average molecular weight is 270 g/mol. The molecule has 100 valence electrons. The third kappa shape index (κ3) is 2.97. The highest BCUT2D eigenvalue weighted by Crippen LogP contribution is 2.05. The minimum Gasteiger partial charge on any atom is -0.378 e. The highest BCUT2D eigenvalue weighted by atomic mass is 32.1.